The van der Waals surface area contributed by atoms with Gasteiger partial charge in [0.15, 0.2) is 5.96 Å². The number of aromatic nitrogens is 1. The lowest BCUT2D eigenvalue weighted by Gasteiger charge is -2.10. The van der Waals surface area contributed by atoms with Gasteiger partial charge >= 0.3 is 0 Å². The molecule has 0 saturated carbocycles. The molecule has 4 nitrogen and oxygen atoms in total. The predicted molar refractivity (Wildman–Crippen MR) is 80.2 cm³/mol. The maximum absolute atomic E-state index is 4.52. The average molecular weight is 274 g/mol. The predicted octanol–water partition coefficient (Wildman–Crippen LogP) is 2.40. The molecule has 2 aromatic rings. The summed E-state index contributed by atoms with van der Waals surface area (Å²) >= 11 is 1.74. The van der Waals surface area contributed by atoms with Gasteiger partial charge in [0, 0.05) is 17.6 Å². The van der Waals surface area contributed by atoms with E-state index in [1.165, 1.54) is 4.88 Å². The Morgan fingerprint density at radius 1 is 1.26 bits per heavy atom. The first-order chi connectivity index (χ1) is 9.38. The van der Waals surface area contributed by atoms with E-state index in [2.05, 4.69) is 45.0 Å². The molecule has 100 valence electrons. The highest BCUT2D eigenvalue weighted by Gasteiger charge is 1.99. The zero-order valence-corrected chi connectivity index (χ0v) is 11.8. The molecule has 0 amide bonds. The van der Waals surface area contributed by atoms with Gasteiger partial charge in [-0.2, -0.15) is 0 Å². The summed E-state index contributed by atoms with van der Waals surface area (Å²) in [6.45, 7) is 4.29. The van der Waals surface area contributed by atoms with Gasteiger partial charge in [0.05, 0.1) is 18.8 Å². The molecule has 0 aliphatic rings. The summed E-state index contributed by atoms with van der Waals surface area (Å²) in [5.41, 5.74) is 0.968. The first kappa shape index (κ1) is 13.5. The molecule has 5 heteroatoms. The van der Waals surface area contributed by atoms with E-state index in [0.29, 0.717) is 6.54 Å². The van der Waals surface area contributed by atoms with E-state index < -0.39 is 0 Å². The Bertz CT molecular complexity index is 493. The molecule has 0 aliphatic heterocycles. The van der Waals surface area contributed by atoms with Crippen LogP contribution < -0.4 is 10.6 Å². The molecular formula is C14H18N4S. The molecule has 19 heavy (non-hydrogen) atoms. The first-order valence-corrected chi connectivity index (χ1v) is 7.21. The van der Waals surface area contributed by atoms with Crippen LogP contribution >= 0.6 is 11.3 Å². The van der Waals surface area contributed by atoms with Gasteiger partial charge in [-0.25, -0.2) is 4.99 Å². The SMILES string of the molecule is CCNC(=NCc1ccccn1)NCc1cccs1. The first-order valence-electron chi connectivity index (χ1n) is 6.33. The van der Waals surface area contributed by atoms with E-state index in [4.69, 9.17) is 0 Å². The van der Waals surface area contributed by atoms with Crippen molar-refractivity contribution in [1.82, 2.24) is 15.6 Å². The second kappa shape index (κ2) is 7.53. The molecular weight excluding hydrogens is 256 g/mol. The quantitative estimate of drug-likeness (QED) is 0.650. The van der Waals surface area contributed by atoms with Crippen molar-refractivity contribution in [3.8, 4) is 0 Å². The third-order valence-electron chi connectivity index (χ3n) is 2.48. The Morgan fingerprint density at radius 2 is 2.21 bits per heavy atom. The zero-order chi connectivity index (χ0) is 13.3. The maximum Gasteiger partial charge on any atom is 0.191 e. The Labute approximate surface area is 117 Å². The van der Waals surface area contributed by atoms with Gasteiger partial charge in [-0.1, -0.05) is 12.1 Å². The Hall–Kier alpha value is -1.88. The van der Waals surface area contributed by atoms with Gasteiger partial charge in [0.2, 0.25) is 0 Å². The lowest BCUT2D eigenvalue weighted by atomic mass is 10.3. The molecule has 0 atom stereocenters. The highest BCUT2D eigenvalue weighted by molar-refractivity contribution is 7.09. The fourth-order valence-corrected chi connectivity index (χ4v) is 2.22. The Morgan fingerprint density at radius 3 is 2.89 bits per heavy atom. The third-order valence-corrected chi connectivity index (χ3v) is 3.36. The molecule has 2 heterocycles. The summed E-state index contributed by atoms with van der Waals surface area (Å²) in [5.74, 6) is 0.821. The van der Waals surface area contributed by atoms with Gasteiger partial charge in [-0.05, 0) is 30.5 Å². The fraction of sp³-hybridized carbons (Fsp3) is 0.286. The summed E-state index contributed by atoms with van der Waals surface area (Å²) < 4.78 is 0. The van der Waals surface area contributed by atoms with Crippen LogP contribution in [0.1, 0.15) is 17.5 Å². The zero-order valence-electron chi connectivity index (χ0n) is 11.0. The van der Waals surface area contributed by atoms with Crippen LogP contribution in [-0.4, -0.2) is 17.5 Å². The molecule has 0 bridgehead atoms. The number of hydrogen-bond acceptors (Lipinski definition) is 3. The van der Waals surface area contributed by atoms with Crippen LogP contribution in [0.15, 0.2) is 46.9 Å². The number of pyridine rings is 1. The normalized spacial score (nSPS) is 11.3. The number of nitrogens with one attached hydrogen (secondary N) is 2. The van der Waals surface area contributed by atoms with Crippen LogP contribution in [0.5, 0.6) is 0 Å². The number of thiophene rings is 1. The van der Waals surface area contributed by atoms with Gasteiger partial charge < -0.3 is 10.6 Å². The summed E-state index contributed by atoms with van der Waals surface area (Å²) in [6.07, 6.45) is 1.79. The largest absolute Gasteiger partial charge is 0.357 e. The van der Waals surface area contributed by atoms with E-state index >= 15 is 0 Å². The summed E-state index contributed by atoms with van der Waals surface area (Å²) in [7, 11) is 0. The summed E-state index contributed by atoms with van der Waals surface area (Å²) in [5, 5.41) is 8.62. The van der Waals surface area contributed by atoms with Crippen LogP contribution in [0.25, 0.3) is 0 Å². The van der Waals surface area contributed by atoms with Gasteiger partial charge in [0.1, 0.15) is 0 Å². The summed E-state index contributed by atoms with van der Waals surface area (Å²) in [4.78, 5) is 10.1. The number of nitrogens with zero attached hydrogens (tertiary/aromatic N) is 2. The minimum Gasteiger partial charge on any atom is -0.357 e. The number of aliphatic imine (C=N–C) groups is 1. The second-order valence-corrected chi connectivity index (χ2v) is 4.98. The van der Waals surface area contributed by atoms with Crippen molar-refractivity contribution < 1.29 is 0 Å². The molecule has 0 saturated heterocycles. The average Bonchev–Trinajstić information content (AvgIpc) is 2.96. The van der Waals surface area contributed by atoms with Crippen molar-refractivity contribution in [1.29, 1.82) is 0 Å². The van der Waals surface area contributed by atoms with Crippen LogP contribution in [-0.2, 0) is 13.1 Å². The van der Waals surface area contributed by atoms with Crippen LogP contribution in [0.2, 0.25) is 0 Å². The van der Waals surface area contributed by atoms with Crippen molar-refractivity contribution in [2.75, 3.05) is 6.54 Å². The smallest absolute Gasteiger partial charge is 0.191 e. The van der Waals surface area contributed by atoms with Crippen molar-refractivity contribution in [3.63, 3.8) is 0 Å². The topological polar surface area (TPSA) is 49.3 Å². The fourth-order valence-electron chi connectivity index (χ4n) is 1.58. The van der Waals surface area contributed by atoms with Crippen molar-refractivity contribution >= 4 is 17.3 Å². The van der Waals surface area contributed by atoms with E-state index in [0.717, 1.165) is 24.7 Å². The number of hydrogen-bond donors (Lipinski definition) is 2. The van der Waals surface area contributed by atoms with E-state index in [-0.39, 0.29) is 0 Å². The molecule has 0 radical (unpaired) electrons. The van der Waals surface area contributed by atoms with Gasteiger partial charge in [-0.3, -0.25) is 4.98 Å². The number of guanidine groups is 1. The standard InChI is InChI=1S/C14H18N4S/c1-2-15-14(18-11-13-7-5-9-19-13)17-10-12-6-3-4-8-16-12/h3-9H,2,10-11H2,1H3,(H2,15,17,18). The molecule has 0 unspecified atom stereocenters. The van der Waals surface area contributed by atoms with Crippen LogP contribution in [0.3, 0.4) is 0 Å². The lowest BCUT2D eigenvalue weighted by Crippen LogP contribution is -2.36. The highest BCUT2D eigenvalue weighted by atomic mass is 32.1. The van der Waals surface area contributed by atoms with E-state index in [1.54, 1.807) is 17.5 Å². The highest BCUT2D eigenvalue weighted by Crippen LogP contribution is 2.07. The minimum absolute atomic E-state index is 0.584. The molecule has 2 N–H and O–H groups in total. The van der Waals surface area contributed by atoms with E-state index in [9.17, 15) is 0 Å². The van der Waals surface area contributed by atoms with Crippen molar-refractivity contribution in [2.45, 2.75) is 20.0 Å². The van der Waals surface area contributed by atoms with Gasteiger partial charge in [-0.15, -0.1) is 11.3 Å². The lowest BCUT2D eigenvalue weighted by molar-refractivity contribution is 0.819. The molecule has 2 rings (SSSR count). The minimum atomic E-state index is 0.584. The second-order valence-electron chi connectivity index (χ2n) is 3.95. The monoisotopic (exact) mass is 274 g/mol. The molecule has 0 aromatic carbocycles. The van der Waals surface area contributed by atoms with Crippen LogP contribution in [0, 0.1) is 0 Å². The van der Waals surface area contributed by atoms with E-state index in [1.807, 2.05) is 18.2 Å². The summed E-state index contributed by atoms with van der Waals surface area (Å²) in [6, 6.07) is 10.0. The van der Waals surface area contributed by atoms with Crippen molar-refractivity contribution in [3.05, 3.63) is 52.5 Å². The third kappa shape index (κ3) is 4.71. The van der Waals surface area contributed by atoms with Gasteiger partial charge in [0.25, 0.3) is 0 Å². The molecule has 0 aliphatic carbocycles. The van der Waals surface area contributed by atoms with Crippen molar-refractivity contribution in [2.24, 2.45) is 4.99 Å². The van der Waals surface area contributed by atoms with Crippen LogP contribution in [0.4, 0.5) is 0 Å². The molecule has 0 fully saturated rings. The number of rotatable bonds is 5. The Balaban J connectivity index is 1.91. The Kier molecular flexibility index (Phi) is 5.37. The molecule has 2 aromatic heterocycles. The molecule has 0 spiro atoms. The maximum atomic E-state index is 4.52.